The fourth-order valence-electron chi connectivity index (χ4n) is 4.55. The summed E-state index contributed by atoms with van der Waals surface area (Å²) in [6, 6.07) is 21.0. The first-order chi connectivity index (χ1) is 16.6. The molecule has 1 aromatic heterocycles. The van der Waals surface area contributed by atoms with Crippen molar-refractivity contribution in [3.63, 3.8) is 0 Å². The molecule has 1 N–H and O–H groups in total. The molecule has 34 heavy (non-hydrogen) atoms. The predicted octanol–water partition coefficient (Wildman–Crippen LogP) is 7.58. The Morgan fingerprint density at radius 1 is 0.941 bits per heavy atom. The summed E-state index contributed by atoms with van der Waals surface area (Å²) in [5, 5.41) is 11.6. The minimum absolute atomic E-state index is 0.0290. The standard InChI is InChI=1S/C29H28ClNO2S/c30-23-12-10-22(11-13-23)28(33)29-27(25-15-14-24(32)19-26(25)34-29)21-8-6-20(7-9-21)5-2-1-3-16-31-17-4-18-31/h6-15,19,32H,1-5,16-18H2. The summed E-state index contributed by atoms with van der Waals surface area (Å²) < 4.78 is 0.901. The van der Waals surface area contributed by atoms with E-state index in [4.69, 9.17) is 11.6 Å². The van der Waals surface area contributed by atoms with Crippen LogP contribution in [0.2, 0.25) is 5.02 Å². The van der Waals surface area contributed by atoms with Crippen LogP contribution in [-0.2, 0) is 6.42 Å². The van der Waals surface area contributed by atoms with Crippen LogP contribution in [0, 0.1) is 0 Å². The average Bonchev–Trinajstić information content (AvgIpc) is 3.19. The van der Waals surface area contributed by atoms with Crippen molar-refractivity contribution in [3.05, 3.63) is 87.8 Å². The van der Waals surface area contributed by atoms with E-state index in [-0.39, 0.29) is 11.5 Å². The highest BCUT2D eigenvalue weighted by Gasteiger charge is 2.21. The molecule has 174 valence electrons. The third-order valence-corrected chi connectivity index (χ3v) is 8.02. The molecule has 0 atom stereocenters. The Kier molecular flexibility index (Phi) is 7.00. The number of halogens is 1. The molecule has 5 heteroatoms. The molecule has 5 rings (SSSR count). The van der Waals surface area contributed by atoms with Gasteiger partial charge in [0, 0.05) is 26.2 Å². The number of phenolic OH excluding ortho intramolecular Hbond substituents is 1. The molecule has 1 aliphatic heterocycles. The van der Waals surface area contributed by atoms with Gasteiger partial charge in [0.2, 0.25) is 5.78 Å². The minimum Gasteiger partial charge on any atom is -0.508 e. The van der Waals surface area contributed by atoms with Crippen molar-refractivity contribution in [3.8, 4) is 16.9 Å². The molecule has 1 fully saturated rings. The molecule has 3 aromatic carbocycles. The van der Waals surface area contributed by atoms with Crippen molar-refractivity contribution >= 4 is 38.8 Å². The van der Waals surface area contributed by atoms with E-state index >= 15 is 0 Å². The third-order valence-electron chi connectivity index (χ3n) is 6.62. The molecule has 1 aliphatic rings. The number of thiophene rings is 1. The topological polar surface area (TPSA) is 40.5 Å². The van der Waals surface area contributed by atoms with Crippen LogP contribution in [0.3, 0.4) is 0 Å². The summed E-state index contributed by atoms with van der Waals surface area (Å²) in [4.78, 5) is 16.7. The van der Waals surface area contributed by atoms with Gasteiger partial charge in [-0.05, 0) is 98.9 Å². The van der Waals surface area contributed by atoms with Gasteiger partial charge in [0.05, 0.1) is 4.88 Å². The van der Waals surface area contributed by atoms with Gasteiger partial charge in [0.25, 0.3) is 0 Å². The molecule has 0 radical (unpaired) electrons. The lowest BCUT2D eigenvalue weighted by atomic mass is 9.96. The number of hydrogen-bond donors (Lipinski definition) is 1. The Morgan fingerprint density at radius 3 is 2.41 bits per heavy atom. The van der Waals surface area contributed by atoms with Crippen molar-refractivity contribution in [1.82, 2.24) is 4.90 Å². The Hall–Kier alpha value is -2.66. The normalized spacial score (nSPS) is 13.8. The lowest BCUT2D eigenvalue weighted by molar-refractivity contribution is 0.104. The van der Waals surface area contributed by atoms with Gasteiger partial charge in [0.15, 0.2) is 0 Å². The van der Waals surface area contributed by atoms with Crippen LogP contribution in [0.25, 0.3) is 21.2 Å². The molecule has 0 aliphatic carbocycles. The molecule has 1 saturated heterocycles. The maximum atomic E-state index is 13.5. The van der Waals surface area contributed by atoms with Crippen LogP contribution < -0.4 is 0 Å². The van der Waals surface area contributed by atoms with Gasteiger partial charge in [-0.15, -0.1) is 11.3 Å². The second kappa shape index (κ2) is 10.3. The number of aromatic hydroxyl groups is 1. The van der Waals surface area contributed by atoms with Gasteiger partial charge in [-0.1, -0.05) is 42.3 Å². The summed E-state index contributed by atoms with van der Waals surface area (Å²) in [7, 11) is 0. The molecule has 3 nitrogen and oxygen atoms in total. The molecule has 4 aromatic rings. The highest BCUT2D eigenvalue weighted by molar-refractivity contribution is 7.21. The van der Waals surface area contributed by atoms with E-state index in [0.717, 1.165) is 27.6 Å². The lowest BCUT2D eigenvalue weighted by Crippen LogP contribution is -2.37. The van der Waals surface area contributed by atoms with Gasteiger partial charge in [-0.25, -0.2) is 0 Å². The van der Waals surface area contributed by atoms with Crippen molar-refractivity contribution < 1.29 is 9.90 Å². The Morgan fingerprint density at radius 2 is 1.71 bits per heavy atom. The van der Waals surface area contributed by atoms with E-state index in [1.165, 1.54) is 62.2 Å². The van der Waals surface area contributed by atoms with Gasteiger partial charge >= 0.3 is 0 Å². The van der Waals surface area contributed by atoms with Crippen molar-refractivity contribution in [2.24, 2.45) is 0 Å². The van der Waals surface area contributed by atoms with Crippen LogP contribution in [0.5, 0.6) is 5.75 Å². The van der Waals surface area contributed by atoms with Gasteiger partial charge in [0.1, 0.15) is 5.75 Å². The van der Waals surface area contributed by atoms with Gasteiger partial charge < -0.3 is 10.0 Å². The minimum atomic E-state index is -0.0290. The van der Waals surface area contributed by atoms with Crippen LogP contribution >= 0.6 is 22.9 Å². The number of carbonyl (C=O) groups excluding carboxylic acids is 1. The second-order valence-corrected chi connectivity index (χ2v) is 10.5. The van der Waals surface area contributed by atoms with Crippen LogP contribution in [0.15, 0.2) is 66.7 Å². The van der Waals surface area contributed by atoms with E-state index in [1.54, 1.807) is 36.4 Å². The van der Waals surface area contributed by atoms with Crippen LogP contribution in [-0.4, -0.2) is 35.4 Å². The monoisotopic (exact) mass is 489 g/mol. The fourth-order valence-corrected chi connectivity index (χ4v) is 5.89. The number of aryl methyl sites for hydroxylation is 1. The molecule has 0 saturated carbocycles. The number of fused-ring (bicyclic) bond motifs is 1. The molecule has 0 unspecified atom stereocenters. The van der Waals surface area contributed by atoms with E-state index in [1.807, 2.05) is 6.07 Å². The van der Waals surface area contributed by atoms with Crippen molar-refractivity contribution in [1.29, 1.82) is 0 Å². The highest BCUT2D eigenvalue weighted by atomic mass is 35.5. The second-order valence-electron chi connectivity index (χ2n) is 9.03. The zero-order valence-corrected chi connectivity index (χ0v) is 20.7. The predicted molar refractivity (Wildman–Crippen MR) is 142 cm³/mol. The van der Waals surface area contributed by atoms with E-state index in [0.29, 0.717) is 15.5 Å². The number of likely N-dealkylation sites (tertiary alicyclic amines) is 1. The summed E-state index contributed by atoms with van der Waals surface area (Å²) in [5.41, 5.74) is 3.89. The van der Waals surface area contributed by atoms with E-state index in [9.17, 15) is 9.90 Å². The van der Waals surface area contributed by atoms with Crippen molar-refractivity contribution in [2.45, 2.75) is 32.1 Å². The van der Waals surface area contributed by atoms with Gasteiger partial charge in [-0.2, -0.15) is 0 Å². The molecular weight excluding hydrogens is 462 g/mol. The van der Waals surface area contributed by atoms with Crippen LogP contribution in [0.4, 0.5) is 0 Å². The first kappa shape index (κ1) is 23.1. The Balaban J connectivity index is 1.37. The SMILES string of the molecule is O=C(c1ccc(Cl)cc1)c1sc2cc(O)ccc2c1-c1ccc(CCCCCN2CCC2)cc1. The number of phenols is 1. The summed E-state index contributed by atoms with van der Waals surface area (Å²) >= 11 is 7.45. The highest BCUT2D eigenvalue weighted by Crippen LogP contribution is 2.41. The molecule has 0 spiro atoms. The Bertz CT molecular complexity index is 1290. The average molecular weight is 490 g/mol. The smallest absolute Gasteiger partial charge is 0.203 e. The van der Waals surface area contributed by atoms with E-state index < -0.39 is 0 Å². The Labute approximate surface area is 209 Å². The number of benzene rings is 3. The quantitative estimate of drug-likeness (QED) is 0.194. The number of rotatable bonds is 9. The number of ketones is 1. The summed E-state index contributed by atoms with van der Waals surface area (Å²) in [6.45, 7) is 3.80. The number of unbranched alkanes of at least 4 members (excludes halogenated alkanes) is 2. The zero-order valence-electron chi connectivity index (χ0n) is 19.1. The van der Waals surface area contributed by atoms with Crippen LogP contribution in [0.1, 0.15) is 46.5 Å². The first-order valence-electron chi connectivity index (χ1n) is 12.0. The third kappa shape index (κ3) is 5.05. The van der Waals surface area contributed by atoms with Gasteiger partial charge in [-0.3, -0.25) is 4.79 Å². The summed E-state index contributed by atoms with van der Waals surface area (Å²) in [6.07, 6.45) is 6.18. The molecular formula is C29H28ClNO2S. The largest absolute Gasteiger partial charge is 0.508 e. The molecule has 0 amide bonds. The first-order valence-corrected chi connectivity index (χ1v) is 13.2. The van der Waals surface area contributed by atoms with E-state index in [2.05, 4.69) is 29.2 Å². The zero-order chi connectivity index (χ0) is 23.5. The number of nitrogens with zero attached hydrogens (tertiary/aromatic N) is 1. The molecule has 0 bridgehead atoms. The van der Waals surface area contributed by atoms with Crippen molar-refractivity contribution in [2.75, 3.05) is 19.6 Å². The number of carbonyl (C=O) groups is 1. The lowest BCUT2D eigenvalue weighted by Gasteiger charge is -2.30. The maximum Gasteiger partial charge on any atom is 0.203 e. The molecule has 2 heterocycles. The summed E-state index contributed by atoms with van der Waals surface area (Å²) in [5.74, 6) is 0.175. The number of hydrogen-bond acceptors (Lipinski definition) is 4. The maximum absolute atomic E-state index is 13.5. The fraction of sp³-hybridized carbons (Fsp3) is 0.276.